The highest BCUT2D eigenvalue weighted by Gasteiger charge is 2.35. The Bertz CT molecular complexity index is 432. The maximum absolute atomic E-state index is 11.7. The largest absolute Gasteiger partial charge is 0.479 e. The van der Waals surface area contributed by atoms with Crippen LogP contribution in [0.5, 0.6) is 0 Å². The van der Waals surface area contributed by atoms with Crippen molar-refractivity contribution < 1.29 is 9.53 Å². The first-order valence-corrected chi connectivity index (χ1v) is 7.29. The zero-order valence-electron chi connectivity index (χ0n) is 12.2. The van der Waals surface area contributed by atoms with E-state index in [9.17, 15) is 4.79 Å². The molecule has 1 heterocycles. The Labute approximate surface area is 116 Å². The van der Waals surface area contributed by atoms with Gasteiger partial charge in [0.2, 0.25) is 5.78 Å². The van der Waals surface area contributed by atoms with Crippen LogP contribution in [0.4, 0.5) is 0 Å². The summed E-state index contributed by atoms with van der Waals surface area (Å²) in [7, 11) is 0. The molecule has 0 bridgehead atoms. The number of carbonyl (C=O) groups is 1. The predicted molar refractivity (Wildman–Crippen MR) is 77.7 cm³/mol. The second-order valence-electron chi connectivity index (χ2n) is 6.12. The number of allylic oxidation sites excluding steroid dienone is 4. The van der Waals surface area contributed by atoms with Gasteiger partial charge < -0.3 is 4.74 Å². The van der Waals surface area contributed by atoms with Crippen molar-refractivity contribution in [1.29, 1.82) is 0 Å². The lowest BCUT2D eigenvalue weighted by molar-refractivity contribution is -0.126. The summed E-state index contributed by atoms with van der Waals surface area (Å²) in [6.45, 7) is 5.61. The van der Waals surface area contributed by atoms with Crippen LogP contribution >= 0.6 is 0 Å². The first kappa shape index (κ1) is 14.1. The van der Waals surface area contributed by atoms with Crippen molar-refractivity contribution in [2.24, 2.45) is 5.92 Å². The van der Waals surface area contributed by atoms with Crippen molar-refractivity contribution in [3.63, 3.8) is 0 Å². The van der Waals surface area contributed by atoms with E-state index < -0.39 is 5.60 Å². The van der Waals surface area contributed by atoms with E-state index in [1.807, 2.05) is 20.8 Å². The van der Waals surface area contributed by atoms with Crippen molar-refractivity contribution in [3.8, 4) is 0 Å². The summed E-state index contributed by atoms with van der Waals surface area (Å²) in [5.74, 6) is 1.49. The minimum absolute atomic E-state index is 0.0477. The monoisotopic (exact) mass is 260 g/mol. The fraction of sp³-hybridized carbons (Fsp3) is 0.588. The molecule has 1 aliphatic heterocycles. The summed E-state index contributed by atoms with van der Waals surface area (Å²) in [6, 6.07) is 0. The van der Waals surface area contributed by atoms with E-state index >= 15 is 0 Å². The Kier molecular flexibility index (Phi) is 4.28. The van der Waals surface area contributed by atoms with Crippen LogP contribution in [0.2, 0.25) is 0 Å². The normalized spacial score (nSPS) is 24.7. The summed E-state index contributed by atoms with van der Waals surface area (Å²) in [6.07, 6.45) is 14.8. The molecule has 0 aromatic rings. The first-order chi connectivity index (χ1) is 8.99. The third-order valence-electron chi connectivity index (χ3n) is 3.99. The molecule has 0 unspecified atom stereocenters. The van der Waals surface area contributed by atoms with Crippen molar-refractivity contribution in [1.82, 2.24) is 0 Å². The highest BCUT2D eigenvalue weighted by molar-refractivity contribution is 5.99. The quantitative estimate of drug-likeness (QED) is 0.706. The van der Waals surface area contributed by atoms with Crippen LogP contribution in [0.1, 0.15) is 52.9 Å². The maximum Gasteiger partial charge on any atom is 0.202 e. The van der Waals surface area contributed by atoms with Gasteiger partial charge in [0.1, 0.15) is 5.76 Å². The molecule has 0 aromatic carbocycles. The molecule has 0 radical (unpaired) electrons. The standard InChI is InChI=1S/C17H24O2/c1-13(15-12-16(18)17(2,3)19-15)8-7-11-14-9-5-4-6-10-14/h7-8,11-12,14H,4-6,9-10H2,1-3H3/b11-7-,13-8+. The van der Waals surface area contributed by atoms with Gasteiger partial charge in [-0.25, -0.2) is 0 Å². The van der Waals surface area contributed by atoms with Crippen molar-refractivity contribution in [2.45, 2.75) is 58.5 Å². The van der Waals surface area contributed by atoms with E-state index in [0.29, 0.717) is 5.76 Å². The van der Waals surface area contributed by atoms with E-state index in [-0.39, 0.29) is 5.78 Å². The molecular weight excluding hydrogens is 236 g/mol. The van der Waals surface area contributed by atoms with Gasteiger partial charge in [-0.15, -0.1) is 0 Å². The molecule has 2 aliphatic rings. The van der Waals surface area contributed by atoms with Crippen LogP contribution in [0.3, 0.4) is 0 Å². The Morgan fingerprint density at radius 1 is 1.32 bits per heavy atom. The Balaban J connectivity index is 1.94. The second-order valence-corrected chi connectivity index (χ2v) is 6.12. The van der Waals surface area contributed by atoms with Crippen LogP contribution in [0, 0.1) is 5.92 Å². The molecule has 0 saturated heterocycles. The minimum atomic E-state index is -0.697. The third-order valence-corrected chi connectivity index (χ3v) is 3.99. The fourth-order valence-corrected chi connectivity index (χ4v) is 2.61. The molecule has 2 nitrogen and oxygen atoms in total. The average molecular weight is 260 g/mol. The van der Waals surface area contributed by atoms with Crippen molar-refractivity contribution in [2.75, 3.05) is 0 Å². The zero-order chi connectivity index (χ0) is 13.9. The zero-order valence-corrected chi connectivity index (χ0v) is 12.2. The van der Waals surface area contributed by atoms with Crippen LogP contribution < -0.4 is 0 Å². The fourth-order valence-electron chi connectivity index (χ4n) is 2.61. The molecule has 0 aromatic heterocycles. The molecule has 1 saturated carbocycles. The van der Waals surface area contributed by atoms with E-state index in [2.05, 4.69) is 18.2 Å². The number of hydrogen-bond donors (Lipinski definition) is 0. The molecular formula is C17H24O2. The number of hydrogen-bond acceptors (Lipinski definition) is 2. The third kappa shape index (κ3) is 3.59. The van der Waals surface area contributed by atoms with Crippen molar-refractivity contribution >= 4 is 5.78 Å². The first-order valence-electron chi connectivity index (χ1n) is 7.29. The average Bonchev–Trinajstić information content (AvgIpc) is 2.65. The van der Waals surface area contributed by atoms with E-state index in [1.165, 1.54) is 32.1 Å². The maximum atomic E-state index is 11.7. The van der Waals surface area contributed by atoms with Gasteiger partial charge in [-0.3, -0.25) is 4.79 Å². The molecule has 0 spiro atoms. The molecule has 19 heavy (non-hydrogen) atoms. The molecule has 0 amide bonds. The molecule has 1 fully saturated rings. The number of rotatable bonds is 3. The highest BCUT2D eigenvalue weighted by Crippen LogP contribution is 2.29. The van der Waals surface area contributed by atoms with Gasteiger partial charge in [-0.05, 0) is 45.1 Å². The summed E-state index contributed by atoms with van der Waals surface area (Å²) >= 11 is 0. The lowest BCUT2D eigenvalue weighted by Gasteiger charge is -2.18. The van der Waals surface area contributed by atoms with Gasteiger partial charge >= 0.3 is 0 Å². The van der Waals surface area contributed by atoms with Crippen molar-refractivity contribution in [3.05, 3.63) is 35.6 Å². The SMILES string of the molecule is C/C(=C\C=C/C1CCCCC1)C1=CC(=O)C(C)(C)O1. The van der Waals surface area contributed by atoms with Gasteiger partial charge in [0, 0.05) is 6.08 Å². The Hall–Kier alpha value is -1.31. The predicted octanol–water partition coefficient (Wildman–Crippen LogP) is 4.33. The molecule has 1 aliphatic carbocycles. The number of carbonyl (C=O) groups excluding carboxylic acids is 1. The highest BCUT2D eigenvalue weighted by atomic mass is 16.5. The van der Waals surface area contributed by atoms with E-state index in [4.69, 9.17) is 4.74 Å². The lowest BCUT2D eigenvalue weighted by atomic mass is 9.89. The van der Waals surface area contributed by atoms with Crippen LogP contribution in [-0.4, -0.2) is 11.4 Å². The lowest BCUT2D eigenvalue weighted by Crippen LogP contribution is -2.27. The van der Waals surface area contributed by atoms with Crippen LogP contribution in [0.15, 0.2) is 35.6 Å². The summed E-state index contributed by atoms with van der Waals surface area (Å²) in [5, 5.41) is 0. The molecule has 0 atom stereocenters. The van der Waals surface area contributed by atoms with Crippen LogP contribution in [0.25, 0.3) is 0 Å². The van der Waals surface area contributed by atoms with Gasteiger partial charge in [0.15, 0.2) is 5.60 Å². The summed E-state index contributed by atoms with van der Waals surface area (Å²) < 4.78 is 5.67. The molecule has 2 rings (SSSR count). The summed E-state index contributed by atoms with van der Waals surface area (Å²) in [4.78, 5) is 11.7. The van der Waals surface area contributed by atoms with Gasteiger partial charge in [-0.1, -0.05) is 37.5 Å². The second kappa shape index (κ2) is 5.77. The van der Waals surface area contributed by atoms with E-state index in [1.54, 1.807) is 6.08 Å². The molecule has 0 N–H and O–H groups in total. The van der Waals surface area contributed by atoms with Gasteiger partial charge in [-0.2, -0.15) is 0 Å². The van der Waals surface area contributed by atoms with Gasteiger partial charge in [0.25, 0.3) is 0 Å². The van der Waals surface area contributed by atoms with Gasteiger partial charge in [0.05, 0.1) is 0 Å². The molecule has 104 valence electrons. The molecule has 2 heteroatoms. The number of ketones is 1. The minimum Gasteiger partial charge on any atom is -0.479 e. The van der Waals surface area contributed by atoms with Crippen LogP contribution in [-0.2, 0) is 9.53 Å². The summed E-state index contributed by atoms with van der Waals surface area (Å²) in [5.41, 5.74) is 0.323. The topological polar surface area (TPSA) is 26.3 Å². The smallest absolute Gasteiger partial charge is 0.202 e. The van der Waals surface area contributed by atoms with E-state index in [0.717, 1.165) is 11.5 Å². The Morgan fingerprint density at radius 2 is 2.00 bits per heavy atom. The number of ether oxygens (including phenoxy) is 1. The Morgan fingerprint density at radius 3 is 2.58 bits per heavy atom.